The number of sulfonamides is 1. The van der Waals surface area contributed by atoms with Gasteiger partial charge in [-0.1, -0.05) is 24.3 Å². The molecule has 122 valence electrons. The maximum Gasteiger partial charge on any atom is 0.330 e. The standard InChI is InChI=1S/C15H17N3O4S/c1-17-9-13(14(19)18(2)15(17)20)23(21,22)16-12-8-7-10-5-3-4-6-11(10)12/h3-6,9,12,16H,7-8H2,1-2H3. The molecule has 0 aliphatic heterocycles. The summed E-state index contributed by atoms with van der Waals surface area (Å²) >= 11 is 0. The van der Waals surface area contributed by atoms with E-state index in [2.05, 4.69) is 4.72 Å². The summed E-state index contributed by atoms with van der Waals surface area (Å²) in [6, 6.07) is 7.26. The van der Waals surface area contributed by atoms with Crippen LogP contribution in [0, 0.1) is 0 Å². The average Bonchev–Trinajstić information content (AvgIpc) is 2.91. The van der Waals surface area contributed by atoms with Crippen LogP contribution in [0.4, 0.5) is 0 Å². The van der Waals surface area contributed by atoms with Gasteiger partial charge in [0.25, 0.3) is 5.56 Å². The second-order valence-corrected chi connectivity index (χ2v) is 7.34. The molecule has 2 aromatic rings. The smallest absolute Gasteiger partial charge is 0.302 e. The number of fused-ring (bicyclic) bond motifs is 1. The molecule has 1 aromatic heterocycles. The fourth-order valence-corrected chi connectivity index (χ4v) is 4.30. The number of rotatable bonds is 3. The van der Waals surface area contributed by atoms with Crippen molar-refractivity contribution in [2.24, 2.45) is 14.1 Å². The molecule has 0 saturated carbocycles. The number of nitrogens with zero attached hydrogens (tertiary/aromatic N) is 2. The van der Waals surface area contributed by atoms with Crippen LogP contribution in [0.1, 0.15) is 23.6 Å². The summed E-state index contributed by atoms with van der Waals surface area (Å²) in [5.41, 5.74) is 0.637. The lowest BCUT2D eigenvalue weighted by Gasteiger charge is -2.15. The van der Waals surface area contributed by atoms with Crippen molar-refractivity contribution < 1.29 is 8.42 Å². The molecule has 0 amide bonds. The Kier molecular flexibility index (Phi) is 3.73. The third-order valence-electron chi connectivity index (χ3n) is 4.13. The highest BCUT2D eigenvalue weighted by Crippen LogP contribution is 2.31. The van der Waals surface area contributed by atoms with Crippen LogP contribution < -0.4 is 16.0 Å². The number of aromatic nitrogens is 2. The maximum atomic E-state index is 12.6. The van der Waals surface area contributed by atoms with Crippen molar-refractivity contribution in [3.8, 4) is 0 Å². The van der Waals surface area contributed by atoms with Crippen molar-refractivity contribution in [1.29, 1.82) is 0 Å². The van der Waals surface area contributed by atoms with E-state index in [0.717, 1.165) is 32.9 Å². The first-order valence-electron chi connectivity index (χ1n) is 7.18. The molecular formula is C15H17N3O4S. The van der Waals surface area contributed by atoms with Crippen LogP contribution in [0.2, 0.25) is 0 Å². The summed E-state index contributed by atoms with van der Waals surface area (Å²) in [7, 11) is -1.36. The molecule has 1 N–H and O–H groups in total. The van der Waals surface area contributed by atoms with E-state index in [9.17, 15) is 18.0 Å². The van der Waals surface area contributed by atoms with Gasteiger partial charge in [0.15, 0.2) is 4.90 Å². The summed E-state index contributed by atoms with van der Waals surface area (Å²) in [4.78, 5) is 23.4. The van der Waals surface area contributed by atoms with Crippen LogP contribution in [0.25, 0.3) is 0 Å². The van der Waals surface area contributed by atoms with E-state index < -0.39 is 26.2 Å². The SMILES string of the molecule is Cn1cc(S(=O)(=O)NC2CCc3ccccc32)c(=O)n(C)c1=O. The molecule has 0 spiro atoms. The fraction of sp³-hybridized carbons (Fsp3) is 0.333. The molecule has 0 radical (unpaired) electrons. The highest BCUT2D eigenvalue weighted by molar-refractivity contribution is 7.89. The number of hydrogen-bond donors (Lipinski definition) is 1. The molecule has 1 aliphatic carbocycles. The van der Waals surface area contributed by atoms with Crippen LogP contribution in [-0.4, -0.2) is 17.6 Å². The predicted molar refractivity (Wildman–Crippen MR) is 84.7 cm³/mol. The third-order valence-corrected chi connectivity index (χ3v) is 5.59. The highest BCUT2D eigenvalue weighted by Gasteiger charge is 2.29. The van der Waals surface area contributed by atoms with Crippen LogP contribution in [0.3, 0.4) is 0 Å². The second-order valence-electron chi connectivity index (χ2n) is 5.66. The van der Waals surface area contributed by atoms with Gasteiger partial charge in [-0.05, 0) is 24.0 Å². The van der Waals surface area contributed by atoms with Gasteiger partial charge in [0.05, 0.1) is 0 Å². The minimum atomic E-state index is -4.02. The zero-order chi connectivity index (χ0) is 16.8. The van der Waals surface area contributed by atoms with Gasteiger partial charge in [-0.2, -0.15) is 0 Å². The quantitative estimate of drug-likeness (QED) is 0.858. The Labute approximate surface area is 133 Å². The summed E-state index contributed by atoms with van der Waals surface area (Å²) < 4.78 is 29.6. The first-order valence-corrected chi connectivity index (χ1v) is 8.66. The molecule has 3 rings (SSSR count). The summed E-state index contributed by atoms with van der Waals surface area (Å²) in [6.07, 6.45) is 2.49. The molecular weight excluding hydrogens is 318 g/mol. The van der Waals surface area contributed by atoms with Gasteiger partial charge < -0.3 is 4.57 Å². The lowest BCUT2D eigenvalue weighted by atomic mass is 10.1. The van der Waals surface area contributed by atoms with Gasteiger partial charge in [-0.3, -0.25) is 9.36 Å². The van der Waals surface area contributed by atoms with Gasteiger partial charge >= 0.3 is 5.69 Å². The Hall–Kier alpha value is -2.19. The first-order chi connectivity index (χ1) is 10.8. The van der Waals surface area contributed by atoms with E-state index in [-0.39, 0.29) is 6.04 Å². The molecule has 23 heavy (non-hydrogen) atoms. The van der Waals surface area contributed by atoms with Crippen molar-refractivity contribution in [2.45, 2.75) is 23.8 Å². The van der Waals surface area contributed by atoms with E-state index in [4.69, 9.17) is 0 Å². The Morgan fingerprint density at radius 3 is 2.61 bits per heavy atom. The van der Waals surface area contributed by atoms with Crippen LogP contribution in [0.15, 0.2) is 44.9 Å². The van der Waals surface area contributed by atoms with E-state index in [0.29, 0.717) is 6.42 Å². The molecule has 1 unspecified atom stereocenters. The van der Waals surface area contributed by atoms with Gasteiger partial charge in [0.1, 0.15) is 0 Å². The molecule has 1 aliphatic rings. The minimum Gasteiger partial charge on any atom is -0.302 e. The van der Waals surface area contributed by atoms with E-state index in [1.54, 1.807) is 0 Å². The topological polar surface area (TPSA) is 90.2 Å². The normalized spacial score (nSPS) is 17.2. The zero-order valence-corrected chi connectivity index (χ0v) is 13.6. The number of nitrogens with one attached hydrogen (secondary N) is 1. The number of benzene rings is 1. The molecule has 8 heteroatoms. The average molecular weight is 335 g/mol. The van der Waals surface area contributed by atoms with Gasteiger partial charge in [-0.15, -0.1) is 0 Å². The van der Waals surface area contributed by atoms with E-state index in [1.165, 1.54) is 14.1 Å². The van der Waals surface area contributed by atoms with Crippen LogP contribution in [0.5, 0.6) is 0 Å². The first kappa shape index (κ1) is 15.7. The maximum absolute atomic E-state index is 12.6. The van der Waals surface area contributed by atoms with Crippen molar-refractivity contribution in [2.75, 3.05) is 0 Å². The van der Waals surface area contributed by atoms with Crippen molar-refractivity contribution in [3.63, 3.8) is 0 Å². The van der Waals surface area contributed by atoms with Crippen molar-refractivity contribution >= 4 is 10.0 Å². The zero-order valence-electron chi connectivity index (χ0n) is 12.8. The number of hydrogen-bond acceptors (Lipinski definition) is 4. The van der Waals surface area contributed by atoms with E-state index in [1.807, 2.05) is 24.3 Å². The summed E-state index contributed by atoms with van der Waals surface area (Å²) in [5, 5.41) is 0. The molecule has 1 heterocycles. The van der Waals surface area contributed by atoms with E-state index >= 15 is 0 Å². The Balaban J connectivity index is 2.02. The minimum absolute atomic E-state index is 0.363. The van der Waals surface area contributed by atoms with Crippen LogP contribution in [-0.2, 0) is 30.5 Å². The summed E-state index contributed by atoms with van der Waals surface area (Å²) in [5.74, 6) is 0. The fourth-order valence-electron chi connectivity index (χ4n) is 2.89. The van der Waals surface area contributed by atoms with Crippen molar-refractivity contribution in [3.05, 3.63) is 62.4 Å². The van der Waals surface area contributed by atoms with Gasteiger partial charge in [0.2, 0.25) is 10.0 Å². The predicted octanol–water partition coefficient (Wildman–Crippen LogP) is 0.0498. The molecule has 0 bridgehead atoms. The van der Waals surface area contributed by atoms with Crippen molar-refractivity contribution in [1.82, 2.24) is 13.9 Å². The lowest BCUT2D eigenvalue weighted by molar-refractivity contribution is 0.547. The van der Waals surface area contributed by atoms with Gasteiger partial charge in [-0.25, -0.2) is 17.9 Å². The number of aryl methyl sites for hydroxylation is 2. The molecule has 1 aromatic carbocycles. The molecule has 0 fully saturated rings. The lowest BCUT2D eigenvalue weighted by Crippen LogP contribution is -2.41. The Morgan fingerprint density at radius 1 is 1.17 bits per heavy atom. The molecule has 0 saturated heterocycles. The monoisotopic (exact) mass is 335 g/mol. The Bertz CT molecular complexity index is 989. The Morgan fingerprint density at radius 2 is 1.87 bits per heavy atom. The third kappa shape index (κ3) is 2.64. The molecule has 7 nitrogen and oxygen atoms in total. The largest absolute Gasteiger partial charge is 0.330 e. The van der Waals surface area contributed by atoms with Crippen LogP contribution >= 0.6 is 0 Å². The second kappa shape index (κ2) is 5.47. The molecule has 1 atom stereocenters. The highest BCUT2D eigenvalue weighted by atomic mass is 32.2. The van der Waals surface area contributed by atoms with Gasteiger partial charge in [0, 0.05) is 26.3 Å². The summed E-state index contributed by atoms with van der Waals surface area (Å²) in [6.45, 7) is 0.